The van der Waals surface area contributed by atoms with Crippen LogP contribution in [-0.4, -0.2) is 24.1 Å². The highest BCUT2D eigenvalue weighted by molar-refractivity contribution is 7.07. The molecule has 0 aliphatic rings. The summed E-state index contributed by atoms with van der Waals surface area (Å²) in [6, 6.07) is 5.18. The van der Waals surface area contributed by atoms with Crippen LogP contribution in [0.15, 0.2) is 33.8 Å². The van der Waals surface area contributed by atoms with E-state index < -0.39 is 0 Å². The number of carbonyl (C=O) groups is 1. The van der Waals surface area contributed by atoms with Crippen molar-refractivity contribution in [1.29, 1.82) is 0 Å². The molecule has 0 radical (unpaired) electrons. The summed E-state index contributed by atoms with van der Waals surface area (Å²) in [6.45, 7) is 2.72. The lowest BCUT2D eigenvalue weighted by atomic mass is 10.2. The minimum atomic E-state index is -0.126. The first-order valence-electron chi connectivity index (χ1n) is 6.63. The van der Waals surface area contributed by atoms with E-state index in [1.54, 1.807) is 22.0 Å². The zero-order valence-electron chi connectivity index (χ0n) is 12.1. The van der Waals surface area contributed by atoms with Gasteiger partial charge in [0.1, 0.15) is 5.75 Å². The first-order valence-corrected chi connectivity index (χ1v) is 7.57. The molecule has 112 valence electrons. The number of rotatable bonds is 6. The summed E-state index contributed by atoms with van der Waals surface area (Å²) in [7, 11) is 1.53. The van der Waals surface area contributed by atoms with Gasteiger partial charge in [-0.25, -0.2) is 0 Å². The molecule has 2 heterocycles. The molecule has 2 aromatic rings. The highest BCUT2D eigenvalue weighted by atomic mass is 32.1. The fraction of sp³-hybridized carbons (Fsp3) is 0.333. The molecule has 0 aromatic carbocycles. The molecule has 1 amide bonds. The molecule has 0 saturated carbocycles. The van der Waals surface area contributed by atoms with Crippen LogP contribution in [0.25, 0.3) is 0 Å². The van der Waals surface area contributed by atoms with Gasteiger partial charge in [0, 0.05) is 24.8 Å². The smallest absolute Gasteiger partial charge is 0.254 e. The summed E-state index contributed by atoms with van der Waals surface area (Å²) in [5.74, 6) is 0.517. The Morgan fingerprint density at radius 2 is 2.24 bits per heavy atom. The minimum Gasteiger partial charge on any atom is -0.496 e. The number of aryl methyl sites for hydroxylation is 1. The largest absolute Gasteiger partial charge is 0.496 e. The van der Waals surface area contributed by atoms with Crippen LogP contribution in [-0.2, 0) is 17.8 Å². The lowest BCUT2D eigenvalue weighted by molar-refractivity contribution is -0.120. The summed E-state index contributed by atoms with van der Waals surface area (Å²) >= 11 is 1.57. The Morgan fingerprint density at radius 3 is 2.86 bits per heavy atom. The Hall–Kier alpha value is -2.08. The van der Waals surface area contributed by atoms with Crippen molar-refractivity contribution in [2.75, 3.05) is 13.7 Å². The SMILES string of the molecule is COc1cc(C)n(CCNC(=O)Cc2ccsc2)c(=O)c1. The Labute approximate surface area is 127 Å². The maximum Gasteiger partial charge on any atom is 0.254 e. The Balaban J connectivity index is 1.89. The fourth-order valence-electron chi connectivity index (χ4n) is 2.05. The van der Waals surface area contributed by atoms with Crippen LogP contribution in [0.3, 0.4) is 0 Å². The van der Waals surface area contributed by atoms with Gasteiger partial charge >= 0.3 is 0 Å². The second kappa shape index (κ2) is 7.08. The molecule has 0 bridgehead atoms. The summed E-state index contributed by atoms with van der Waals surface area (Å²) in [5, 5.41) is 6.73. The molecule has 0 fully saturated rings. The maximum absolute atomic E-state index is 11.9. The quantitative estimate of drug-likeness (QED) is 0.881. The highest BCUT2D eigenvalue weighted by Gasteiger charge is 2.06. The number of aromatic nitrogens is 1. The van der Waals surface area contributed by atoms with Gasteiger partial charge in [0.05, 0.1) is 13.5 Å². The molecule has 0 spiro atoms. The summed E-state index contributed by atoms with van der Waals surface area (Å²) in [4.78, 5) is 23.7. The van der Waals surface area contributed by atoms with E-state index in [1.165, 1.54) is 13.2 Å². The van der Waals surface area contributed by atoms with Gasteiger partial charge in [-0.2, -0.15) is 11.3 Å². The van der Waals surface area contributed by atoms with E-state index in [9.17, 15) is 9.59 Å². The molecule has 0 atom stereocenters. The molecule has 0 aliphatic heterocycles. The molecular formula is C15H18N2O3S. The first kappa shape index (κ1) is 15.3. The van der Waals surface area contributed by atoms with E-state index in [0.717, 1.165) is 11.3 Å². The molecule has 0 aliphatic carbocycles. The number of amides is 1. The van der Waals surface area contributed by atoms with E-state index in [4.69, 9.17) is 4.74 Å². The summed E-state index contributed by atoms with van der Waals surface area (Å²) in [5.41, 5.74) is 1.70. The van der Waals surface area contributed by atoms with Crippen LogP contribution in [0.5, 0.6) is 5.75 Å². The van der Waals surface area contributed by atoms with Gasteiger partial charge in [-0.1, -0.05) is 0 Å². The third-order valence-corrected chi connectivity index (χ3v) is 3.88. The van der Waals surface area contributed by atoms with Gasteiger partial charge in [0.2, 0.25) is 5.91 Å². The topological polar surface area (TPSA) is 60.3 Å². The number of nitrogens with one attached hydrogen (secondary N) is 1. The zero-order valence-corrected chi connectivity index (χ0v) is 12.9. The summed E-state index contributed by atoms with van der Waals surface area (Å²) in [6.07, 6.45) is 0.375. The van der Waals surface area contributed by atoms with E-state index in [-0.39, 0.29) is 11.5 Å². The van der Waals surface area contributed by atoms with Crippen molar-refractivity contribution >= 4 is 17.2 Å². The second-order valence-corrected chi connectivity index (χ2v) is 5.46. The van der Waals surface area contributed by atoms with Crippen molar-refractivity contribution in [3.63, 3.8) is 0 Å². The Bertz CT molecular complexity index is 662. The van der Waals surface area contributed by atoms with Crippen molar-refractivity contribution in [3.05, 3.63) is 50.6 Å². The third kappa shape index (κ3) is 4.19. The van der Waals surface area contributed by atoms with Gasteiger partial charge in [-0.15, -0.1) is 0 Å². The fourth-order valence-corrected chi connectivity index (χ4v) is 2.72. The molecular weight excluding hydrogens is 288 g/mol. The van der Waals surface area contributed by atoms with Crippen LogP contribution in [0, 0.1) is 6.92 Å². The molecule has 0 saturated heterocycles. The molecule has 2 aromatic heterocycles. The number of carbonyl (C=O) groups excluding carboxylic acids is 1. The van der Waals surface area contributed by atoms with Crippen molar-refractivity contribution in [1.82, 2.24) is 9.88 Å². The first-order chi connectivity index (χ1) is 10.1. The monoisotopic (exact) mass is 306 g/mol. The van der Waals surface area contributed by atoms with Crippen molar-refractivity contribution in [2.24, 2.45) is 0 Å². The number of hydrogen-bond donors (Lipinski definition) is 1. The zero-order chi connectivity index (χ0) is 15.2. The number of ether oxygens (including phenoxy) is 1. The normalized spacial score (nSPS) is 10.4. The van der Waals surface area contributed by atoms with E-state index in [0.29, 0.717) is 25.3 Å². The third-order valence-electron chi connectivity index (χ3n) is 3.15. The predicted molar refractivity (Wildman–Crippen MR) is 83.0 cm³/mol. The average Bonchev–Trinajstić information content (AvgIpc) is 2.94. The Kier molecular flexibility index (Phi) is 5.16. The van der Waals surface area contributed by atoms with Crippen molar-refractivity contribution in [2.45, 2.75) is 19.9 Å². The highest BCUT2D eigenvalue weighted by Crippen LogP contribution is 2.08. The molecule has 21 heavy (non-hydrogen) atoms. The molecule has 5 nitrogen and oxygen atoms in total. The van der Waals surface area contributed by atoms with Crippen LogP contribution in [0.1, 0.15) is 11.3 Å². The lowest BCUT2D eigenvalue weighted by Gasteiger charge is -2.11. The van der Waals surface area contributed by atoms with Gasteiger partial charge in [-0.3, -0.25) is 9.59 Å². The van der Waals surface area contributed by atoms with E-state index >= 15 is 0 Å². The van der Waals surface area contributed by atoms with Crippen LogP contribution < -0.4 is 15.6 Å². The lowest BCUT2D eigenvalue weighted by Crippen LogP contribution is -2.32. The number of nitrogens with zero attached hydrogens (tertiary/aromatic N) is 1. The van der Waals surface area contributed by atoms with Crippen molar-refractivity contribution in [3.8, 4) is 5.75 Å². The minimum absolute atomic E-state index is 0.0346. The van der Waals surface area contributed by atoms with Gasteiger partial charge in [0.25, 0.3) is 5.56 Å². The van der Waals surface area contributed by atoms with Gasteiger partial charge < -0.3 is 14.6 Å². The maximum atomic E-state index is 11.9. The number of methoxy groups -OCH3 is 1. The average molecular weight is 306 g/mol. The van der Waals surface area contributed by atoms with Gasteiger partial charge in [-0.05, 0) is 35.4 Å². The second-order valence-electron chi connectivity index (χ2n) is 4.68. The standard InChI is InChI=1S/C15H18N2O3S/c1-11-7-13(20-2)9-15(19)17(11)5-4-16-14(18)8-12-3-6-21-10-12/h3,6-7,9-10H,4-5,8H2,1-2H3,(H,16,18). The molecule has 0 unspecified atom stereocenters. The van der Waals surface area contributed by atoms with Crippen LogP contribution in [0.4, 0.5) is 0 Å². The van der Waals surface area contributed by atoms with Crippen LogP contribution >= 0.6 is 11.3 Å². The molecule has 1 N–H and O–H groups in total. The van der Waals surface area contributed by atoms with E-state index in [2.05, 4.69) is 5.32 Å². The molecule has 2 rings (SSSR count). The van der Waals surface area contributed by atoms with Crippen molar-refractivity contribution < 1.29 is 9.53 Å². The Morgan fingerprint density at radius 1 is 1.43 bits per heavy atom. The number of thiophene rings is 1. The number of pyridine rings is 1. The summed E-state index contributed by atoms with van der Waals surface area (Å²) < 4.78 is 6.67. The number of hydrogen-bond acceptors (Lipinski definition) is 4. The van der Waals surface area contributed by atoms with Crippen LogP contribution in [0.2, 0.25) is 0 Å². The predicted octanol–water partition coefficient (Wildman–Crippen LogP) is 1.59. The molecule has 6 heteroatoms. The van der Waals surface area contributed by atoms with E-state index in [1.807, 2.05) is 23.8 Å². The van der Waals surface area contributed by atoms with Gasteiger partial charge in [0.15, 0.2) is 0 Å².